The summed E-state index contributed by atoms with van der Waals surface area (Å²) in [7, 11) is 0. The summed E-state index contributed by atoms with van der Waals surface area (Å²) in [5.74, 6) is 0. The third-order valence-electron chi connectivity index (χ3n) is 2.87. The summed E-state index contributed by atoms with van der Waals surface area (Å²) < 4.78 is 5.76. The largest absolute Gasteiger partial charge is 0.375 e. The van der Waals surface area contributed by atoms with Crippen molar-refractivity contribution in [3.05, 3.63) is 0 Å². The minimum atomic E-state index is -0.0157. The fraction of sp³-hybridized carbons (Fsp3) is 1.00. The normalized spacial score (nSPS) is 23.0. The Morgan fingerprint density at radius 1 is 1.33 bits per heavy atom. The fourth-order valence-corrected chi connectivity index (χ4v) is 1.90. The number of hydrogen-bond acceptors (Lipinski definition) is 3. The second kappa shape index (κ2) is 4.81. The van der Waals surface area contributed by atoms with Gasteiger partial charge in [0.25, 0.3) is 0 Å². The van der Waals surface area contributed by atoms with Crippen LogP contribution in [0, 0.1) is 0 Å². The van der Waals surface area contributed by atoms with Gasteiger partial charge in [-0.25, -0.2) is 0 Å². The van der Waals surface area contributed by atoms with Crippen LogP contribution in [0.25, 0.3) is 0 Å². The van der Waals surface area contributed by atoms with E-state index in [1.54, 1.807) is 0 Å². The molecule has 0 aromatic heterocycles. The van der Waals surface area contributed by atoms with Crippen LogP contribution in [0.3, 0.4) is 0 Å². The average Bonchev–Trinajstić information content (AvgIpc) is 2.05. The van der Waals surface area contributed by atoms with Crippen LogP contribution in [-0.2, 0) is 4.74 Å². The van der Waals surface area contributed by atoms with E-state index in [0.29, 0.717) is 0 Å². The van der Waals surface area contributed by atoms with E-state index in [1.807, 2.05) is 0 Å². The second-order valence-corrected chi connectivity index (χ2v) is 5.94. The molecule has 0 atom stereocenters. The zero-order valence-electron chi connectivity index (χ0n) is 10.9. The maximum absolute atomic E-state index is 5.76. The summed E-state index contributed by atoms with van der Waals surface area (Å²) in [5, 5.41) is 3.43. The molecule has 0 unspecified atom stereocenters. The van der Waals surface area contributed by atoms with Crippen molar-refractivity contribution in [2.75, 3.05) is 32.8 Å². The molecular formula is C12H26N2O. The van der Waals surface area contributed by atoms with Gasteiger partial charge >= 0.3 is 0 Å². The molecule has 1 aliphatic rings. The molecule has 0 saturated carbocycles. The van der Waals surface area contributed by atoms with E-state index in [9.17, 15) is 0 Å². The molecule has 3 heteroatoms. The molecule has 1 fully saturated rings. The van der Waals surface area contributed by atoms with E-state index in [1.165, 1.54) is 0 Å². The molecule has 1 N–H and O–H groups in total. The van der Waals surface area contributed by atoms with Crippen molar-refractivity contribution >= 4 is 0 Å². The maximum atomic E-state index is 5.76. The first kappa shape index (κ1) is 12.9. The molecule has 1 rings (SSSR count). The van der Waals surface area contributed by atoms with Crippen LogP contribution in [-0.4, -0.2) is 48.8 Å². The number of nitrogens with one attached hydrogen (secondary N) is 1. The van der Waals surface area contributed by atoms with Gasteiger partial charge in [-0.1, -0.05) is 0 Å². The highest BCUT2D eigenvalue weighted by molar-refractivity contribution is 4.88. The maximum Gasteiger partial charge on any atom is 0.0600 e. The van der Waals surface area contributed by atoms with Gasteiger partial charge in [-0.2, -0.15) is 0 Å². The Morgan fingerprint density at radius 3 is 2.53 bits per heavy atom. The van der Waals surface area contributed by atoms with Crippen molar-refractivity contribution in [2.24, 2.45) is 0 Å². The molecule has 0 radical (unpaired) electrons. The Kier molecular flexibility index (Phi) is 4.15. The molecule has 90 valence electrons. The summed E-state index contributed by atoms with van der Waals surface area (Å²) in [6.07, 6.45) is 0. The predicted molar refractivity (Wildman–Crippen MR) is 64.2 cm³/mol. The van der Waals surface area contributed by atoms with Crippen LogP contribution in [0.1, 0.15) is 34.6 Å². The quantitative estimate of drug-likeness (QED) is 0.770. The lowest BCUT2D eigenvalue weighted by molar-refractivity contribution is -0.0290. The first-order valence-electron chi connectivity index (χ1n) is 5.91. The van der Waals surface area contributed by atoms with E-state index in [-0.39, 0.29) is 11.1 Å². The van der Waals surface area contributed by atoms with E-state index in [4.69, 9.17) is 4.74 Å². The highest BCUT2D eigenvalue weighted by Crippen LogP contribution is 2.16. The third-order valence-corrected chi connectivity index (χ3v) is 2.87. The van der Waals surface area contributed by atoms with Crippen LogP contribution in [0.4, 0.5) is 0 Å². The van der Waals surface area contributed by atoms with Gasteiger partial charge in [-0.3, -0.25) is 4.90 Å². The number of ether oxygens (including phenoxy) is 1. The SMILES string of the molecule is CC(C)(C)OCCN1CCNCC1(C)C. The molecule has 3 nitrogen and oxygen atoms in total. The molecule has 1 aliphatic heterocycles. The van der Waals surface area contributed by atoms with Crippen molar-refractivity contribution in [3.8, 4) is 0 Å². The summed E-state index contributed by atoms with van der Waals surface area (Å²) in [6.45, 7) is 16.1. The lowest BCUT2D eigenvalue weighted by Gasteiger charge is -2.43. The van der Waals surface area contributed by atoms with Crippen molar-refractivity contribution in [1.82, 2.24) is 10.2 Å². The van der Waals surface area contributed by atoms with Gasteiger partial charge in [-0.05, 0) is 34.6 Å². The minimum absolute atomic E-state index is 0.0157. The lowest BCUT2D eigenvalue weighted by atomic mass is 10.0. The summed E-state index contributed by atoms with van der Waals surface area (Å²) in [6, 6.07) is 0. The van der Waals surface area contributed by atoms with Crippen molar-refractivity contribution < 1.29 is 4.74 Å². The molecule has 0 bridgehead atoms. The van der Waals surface area contributed by atoms with Gasteiger partial charge < -0.3 is 10.1 Å². The molecule has 0 spiro atoms. The van der Waals surface area contributed by atoms with Gasteiger partial charge in [0.2, 0.25) is 0 Å². The Bertz CT molecular complexity index is 196. The highest BCUT2D eigenvalue weighted by Gasteiger charge is 2.29. The molecule has 0 aromatic carbocycles. The summed E-state index contributed by atoms with van der Waals surface area (Å²) >= 11 is 0. The van der Waals surface area contributed by atoms with E-state index in [0.717, 1.165) is 32.8 Å². The Hall–Kier alpha value is -0.120. The predicted octanol–water partition coefficient (Wildman–Crippen LogP) is 1.49. The van der Waals surface area contributed by atoms with Crippen LogP contribution in [0.15, 0.2) is 0 Å². The highest BCUT2D eigenvalue weighted by atomic mass is 16.5. The van der Waals surface area contributed by atoms with Gasteiger partial charge in [-0.15, -0.1) is 0 Å². The standard InChI is InChI=1S/C12H26N2O/c1-11(2,3)15-9-8-14-7-6-13-10-12(14,4)5/h13H,6-10H2,1-5H3. The fourth-order valence-electron chi connectivity index (χ4n) is 1.90. The molecule has 0 aliphatic carbocycles. The Labute approximate surface area is 94.2 Å². The molecule has 15 heavy (non-hydrogen) atoms. The average molecular weight is 214 g/mol. The lowest BCUT2D eigenvalue weighted by Crippen LogP contribution is -2.58. The van der Waals surface area contributed by atoms with Crippen LogP contribution in [0.5, 0.6) is 0 Å². The van der Waals surface area contributed by atoms with Crippen LogP contribution in [0.2, 0.25) is 0 Å². The van der Waals surface area contributed by atoms with E-state index >= 15 is 0 Å². The number of hydrogen-bond donors (Lipinski definition) is 1. The summed E-state index contributed by atoms with van der Waals surface area (Å²) in [4.78, 5) is 2.51. The van der Waals surface area contributed by atoms with Gasteiger partial charge in [0.1, 0.15) is 0 Å². The Balaban J connectivity index is 2.31. The van der Waals surface area contributed by atoms with Gasteiger partial charge in [0.05, 0.1) is 12.2 Å². The van der Waals surface area contributed by atoms with Crippen LogP contribution < -0.4 is 5.32 Å². The zero-order valence-corrected chi connectivity index (χ0v) is 10.9. The smallest absolute Gasteiger partial charge is 0.0600 e. The molecule has 1 saturated heterocycles. The minimum Gasteiger partial charge on any atom is -0.375 e. The molecule has 0 aromatic rings. The van der Waals surface area contributed by atoms with Crippen molar-refractivity contribution in [3.63, 3.8) is 0 Å². The number of piperazine rings is 1. The van der Waals surface area contributed by atoms with Gasteiger partial charge in [0, 0.05) is 31.7 Å². The molecule has 0 amide bonds. The Morgan fingerprint density at radius 2 is 2.00 bits per heavy atom. The number of nitrogens with zero attached hydrogens (tertiary/aromatic N) is 1. The third kappa shape index (κ3) is 4.49. The van der Waals surface area contributed by atoms with Crippen molar-refractivity contribution in [1.29, 1.82) is 0 Å². The molecular weight excluding hydrogens is 188 g/mol. The van der Waals surface area contributed by atoms with Crippen molar-refractivity contribution in [2.45, 2.75) is 45.8 Å². The van der Waals surface area contributed by atoms with Crippen LogP contribution >= 0.6 is 0 Å². The van der Waals surface area contributed by atoms with E-state index in [2.05, 4.69) is 44.8 Å². The topological polar surface area (TPSA) is 24.5 Å². The first-order chi connectivity index (χ1) is 6.81. The first-order valence-corrected chi connectivity index (χ1v) is 5.91. The molecule has 1 heterocycles. The monoisotopic (exact) mass is 214 g/mol. The number of rotatable bonds is 3. The zero-order chi connectivity index (χ0) is 11.5. The van der Waals surface area contributed by atoms with E-state index < -0.39 is 0 Å². The van der Waals surface area contributed by atoms with Gasteiger partial charge in [0.15, 0.2) is 0 Å². The summed E-state index contributed by atoms with van der Waals surface area (Å²) in [5.41, 5.74) is 0.248. The second-order valence-electron chi connectivity index (χ2n) is 5.94.